The van der Waals surface area contributed by atoms with Gasteiger partial charge in [-0.2, -0.15) is 5.26 Å². The van der Waals surface area contributed by atoms with Gasteiger partial charge in [0.05, 0.1) is 12.4 Å². The van der Waals surface area contributed by atoms with Crippen molar-refractivity contribution >= 4 is 46.1 Å². The number of hydrogen-bond acceptors (Lipinski definition) is 5. The number of aromatic nitrogens is 4. The minimum absolute atomic E-state index is 0.130. The van der Waals surface area contributed by atoms with E-state index in [4.69, 9.17) is 33.9 Å². The van der Waals surface area contributed by atoms with Crippen molar-refractivity contribution in [2.75, 3.05) is 0 Å². The molecule has 0 aliphatic rings. The Morgan fingerprint density at radius 2 is 1.96 bits per heavy atom. The summed E-state index contributed by atoms with van der Waals surface area (Å²) in [5, 5.41) is 18.3. The van der Waals surface area contributed by atoms with E-state index < -0.39 is 0 Å². The largest absolute Gasteiger partial charge is 0.328 e. The molecule has 2 aromatic heterocycles. The van der Waals surface area contributed by atoms with Crippen molar-refractivity contribution in [3.05, 3.63) is 40.1 Å². The molecule has 3 aromatic rings. The Bertz CT molecular complexity index is 969. The van der Waals surface area contributed by atoms with Gasteiger partial charge in [-0.05, 0) is 24.6 Å². The van der Waals surface area contributed by atoms with Crippen LogP contribution in [0, 0.1) is 16.7 Å². The van der Waals surface area contributed by atoms with Crippen molar-refractivity contribution in [2.45, 2.75) is 43.3 Å². The Kier molecular flexibility index (Phi) is 7.51. The fourth-order valence-electron chi connectivity index (χ4n) is 2.20. The number of nitriles is 1. The molecule has 0 radical (unpaired) electrons. The maximum absolute atomic E-state index is 8.66. The zero-order valence-corrected chi connectivity index (χ0v) is 16.7. The minimum Gasteiger partial charge on any atom is -0.328 e. The molecule has 1 aromatic carbocycles. The number of aromatic amines is 1. The Balaban J connectivity index is 0.00000117. The maximum atomic E-state index is 8.66. The number of benzene rings is 1. The highest BCUT2D eigenvalue weighted by atomic mass is 35.5. The van der Waals surface area contributed by atoms with Crippen molar-refractivity contribution in [1.29, 1.82) is 10.7 Å². The monoisotopic (exact) mass is 408 g/mol. The van der Waals surface area contributed by atoms with Crippen molar-refractivity contribution in [3.63, 3.8) is 0 Å². The Hall–Kier alpha value is -2.01. The van der Waals surface area contributed by atoms with E-state index in [0.29, 0.717) is 45.8 Å². The van der Waals surface area contributed by atoms with Crippen LogP contribution in [0.2, 0.25) is 10.0 Å². The van der Waals surface area contributed by atoms with Gasteiger partial charge in [0, 0.05) is 27.9 Å². The van der Waals surface area contributed by atoms with E-state index in [1.54, 1.807) is 24.5 Å². The summed E-state index contributed by atoms with van der Waals surface area (Å²) in [6.07, 6.45) is 2.74. The molecule has 0 amide bonds. The highest BCUT2D eigenvalue weighted by Crippen LogP contribution is 2.31. The number of nitrogens with zero attached hydrogens (tertiary/aromatic N) is 4. The molecule has 0 bridgehead atoms. The van der Waals surface area contributed by atoms with Crippen molar-refractivity contribution in [1.82, 2.24) is 19.5 Å². The number of imidazole rings is 1. The number of nitrogens with one attached hydrogen (secondary N) is 2. The molecule has 26 heavy (non-hydrogen) atoms. The van der Waals surface area contributed by atoms with Crippen LogP contribution in [0.5, 0.6) is 0 Å². The molecule has 2 N–H and O–H groups in total. The summed E-state index contributed by atoms with van der Waals surface area (Å²) in [6, 6.07) is 7.38. The molecular weight excluding hydrogens is 391 g/mol. The molecule has 0 saturated carbocycles. The van der Waals surface area contributed by atoms with Crippen LogP contribution >= 0.6 is 35.0 Å². The fourth-order valence-corrected chi connectivity index (χ4v) is 3.74. The summed E-state index contributed by atoms with van der Waals surface area (Å²) in [6.45, 7) is 4.62. The number of aryl methyl sites for hydroxylation is 1. The number of hydrogen-bond donors (Lipinski definition) is 2. The van der Waals surface area contributed by atoms with E-state index >= 15 is 0 Å². The van der Waals surface area contributed by atoms with E-state index in [1.165, 1.54) is 11.8 Å². The van der Waals surface area contributed by atoms with Gasteiger partial charge in [-0.15, -0.1) is 0 Å². The summed E-state index contributed by atoms with van der Waals surface area (Å²) >= 11 is 13.4. The molecule has 0 saturated heterocycles. The molecule has 0 aliphatic carbocycles. The average Bonchev–Trinajstić information content (AvgIpc) is 3.02. The first-order valence-electron chi connectivity index (χ1n) is 8.07. The molecule has 3 rings (SSSR count). The van der Waals surface area contributed by atoms with Gasteiger partial charge in [0.25, 0.3) is 0 Å². The van der Waals surface area contributed by atoms with Crippen molar-refractivity contribution in [2.24, 2.45) is 0 Å². The third-order valence-corrected chi connectivity index (χ3v) is 4.53. The number of H-pyrrole nitrogens is 1. The topological polar surface area (TPSA) is 94.1 Å². The van der Waals surface area contributed by atoms with E-state index in [0.717, 1.165) is 4.90 Å². The van der Waals surface area contributed by atoms with E-state index in [1.807, 2.05) is 18.4 Å². The van der Waals surface area contributed by atoms with Gasteiger partial charge in [0.2, 0.25) is 0 Å². The lowest BCUT2D eigenvalue weighted by atomic mass is 10.3. The molecule has 9 heteroatoms. The van der Waals surface area contributed by atoms with E-state index in [9.17, 15) is 0 Å². The lowest BCUT2D eigenvalue weighted by molar-refractivity contribution is 0.651. The third-order valence-electron chi connectivity index (χ3n) is 3.24. The number of rotatable bonds is 5. The minimum atomic E-state index is 0.130. The summed E-state index contributed by atoms with van der Waals surface area (Å²) in [4.78, 5) is 12.6. The quantitative estimate of drug-likeness (QED) is 0.578. The molecule has 2 heterocycles. The van der Waals surface area contributed by atoms with Gasteiger partial charge in [-0.25, -0.2) is 9.97 Å². The number of halogens is 2. The highest BCUT2D eigenvalue weighted by molar-refractivity contribution is 7.99. The second kappa shape index (κ2) is 9.62. The Labute approximate surface area is 165 Å². The van der Waals surface area contributed by atoms with Crippen LogP contribution in [-0.2, 0) is 6.54 Å². The lowest BCUT2D eigenvalue weighted by Gasteiger charge is -2.04. The lowest BCUT2D eigenvalue weighted by Crippen LogP contribution is -2.12. The Morgan fingerprint density at radius 1 is 1.27 bits per heavy atom. The zero-order valence-electron chi connectivity index (χ0n) is 14.4. The van der Waals surface area contributed by atoms with Crippen LogP contribution in [0.3, 0.4) is 0 Å². The van der Waals surface area contributed by atoms with Crippen LogP contribution < -0.4 is 5.49 Å². The predicted molar refractivity (Wildman–Crippen MR) is 105 cm³/mol. The SMILES string of the molecule is CC.N#CCCCn1cnc(=N)c2[nH]c(Sc3cc(Cl)cc(Cl)c3)nc21. The first-order chi connectivity index (χ1) is 12.6. The standard InChI is InChI=1S/C15H12Cl2N6S.C2H6/c16-9-5-10(17)7-11(6-9)24-15-21-12-13(19)20-8-23(14(12)22-15)4-2-1-3-18;1-2/h5-8,19H,1-2,4H2,(H,21,22);1-2H3. The summed E-state index contributed by atoms with van der Waals surface area (Å²) in [5.74, 6) is 0. The molecule has 0 fully saturated rings. The van der Waals surface area contributed by atoms with Gasteiger partial charge in [-0.3, -0.25) is 5.41 Å². The first-order valence-corrected chi connectivity index (χ1v) is 9.64. The second-order valence-electron chi connectivity index (χ2n) is 5.00. The molecular formula is C17H18Cl2N6S. The smallest absolute Gasteiger partial charge is 0.173 e. The van der Waals surface area contributed by atoms with Crippen LogP contribution in [0.25, 0.3) is 11.2 Å². The van der Waals surface area contributed by atoms with Gasteiger partial charge in [0.15, 0.2) is 16.3 Å². The van der Waals surface area contributed by atoms with Gasteiger partial charge in [0.1, 0.15) is 5.52 Å². The molecule has 0 unspecified atom stereocenters. The second-order valence-corrected chi connectivity index (χ2v) is 6.93. The molecule has 0 aliphatic heterocycles. The maximum Gasteiger partial charge on any atom is 0.173 e. The normalized spacial score (nSPS) is 10.3. The summed E-state index contributed by atoms with van der Waals surface area (Å²) in [7, 11) is 0. The summed E-state index contributed by atoms with van der Waals surface area (Å²) in [5.41, 5.74) is 1.33. The first kappa shape index (κ1) is 20.3. The van der Waals surface area contributed by atoms with Crippen molar-refractivity contribution < 1.29 is 0 Å². The molecule has 136 valence electrons. The zero-order chi connectivity index (χ0) is 19.1. The third kappa shape index (κ3) is 5.01. The molecule has 0 atom stereocenters. The van der Waals surface area contributed by atoms with Crippen LogP contribution in [0.4, 0.5) is 0 Å². The summed E-state index contributed by atoms with van der Waals surface area (Å²) < 4.78 is 1.84. The van der Waals surface area contributed by atoms with Crippen molar-refractivity contribution in [3.8, 4) is 6.07 Å². The number of fused-ring (bicyclic) bond motifs is 1. The highest BCUT2D eigenvalue weighted by Gasteiger charge is 2.11. The van der Waals surface area contributed by atoms with Gasteiger partial charge in [-0.1, -0.05) is 48.8 Å². The fraction of sp³-hybridized carbons (Fsp3) is 0.294. The average molecular weight is 409 g/mol. The Morgan fingerprint density at radius 3 is 2.62 bits per heavy atom. The van der Waals surface area contributed by atoms with Crippen LogP contribution in [-0.4, -0.2) is 19.5 Å². The van der Waals surface area contributed by atoms with Gasteiger partial charge >= 0.3 is 0 Å². The van der Waals surface area contributed by atoms with Crippen LogP contribution in [0.1, 0.15) is 26.7 Å². The van der Waals surface area contributed by atoms with E-state index in [-0.39, 0.29) is 5.49 Å². The van der Waals surface area contributed by atoms with Gasteiger partial charge < -0.3 is 9.55 Å². The number of unbranched alkanes of at least 4 members (excludes halogenated alkanes) is 1. The predicted octanol–water partition coefficient (Wildman–Crippen LogP) is 5.03. The molecule has 6 nitrogen and oxygen atoms in total. The van der Waals surface area contributed by atoms with E-state index in [2.05, 4.69) is 21.0 Å². The molecule has 0 spiro atoms. The van der Waals surface area contributed by atoms with Crippen LogP contribution in [0.15, 0.2) is 34.6 Å².